The van der Waals surface area contributed by atoms with Crippen molar-refractivity contribution in [3.8, 4) is 23.2 Å². The summed E-state index contributed by atoms with van der Waals surface area (Å²) in [5, 5.41) is 17.5. The molecule has 1 amide bonds. The van der Waals surface area contributed by atoms with Crippen LogP contribution in [0.2, 0.25) is 0 Å². The summed E-state index contributed by atoms with van der Waals surface area (Å²) in [5.41, 5.74) is 2.39. The molecule has 29 heavy (non-hydrogen) atoms. The van der Waals surface area contributed by atoms with Crippen LogP contribution in [-0.2, 0) is 4.79 Å². The highest BCUT2D eigenvalue weighted by Crippen LogP contribution is 2.47. The van der Waals surface area contributed by atoms with Crippen LogP contribution >= 0.6 is 11.8 Å². The Hall–Kier alpha value is -3.27. The first-order valence-corrected chi connectivity index (χ1v) is 9.81. The summed E-state index contributed by atoms with van der Waals surface area (Å²) in [5.74, 6) is 1.51. The van der Waals surface area contributed by atoms with Gasteiger partial charge in [-0.25, -0.2) is 9.97 Å². The van der Waals surface area contributed by atoms with Gasteiger partial charge in [0.1, 0.15) is 5.82 Å². The van der Waals surface area contributed by atoms with E-state index in [1.54, 1.807) is 30.6 Å². The minimum atomic E-state index is -0.246. The molecule has 0 saturated carbocycles. The maximum absolute atomic E-state index is 12.4. The van der Waals surface area contributed by atoms with Gasteiger partial charge in [-0.15, -0.1) is 11.8 Å². The predicted octanol–water partition coefficient (Wildman–Crippen LogP) is 2.47. The average molecular weight is 413 g/mol. The minimum Gasteiger partial charge on any atom is -0.502 e. The molecule has 3 aromatic rings. The molecule has 0 fully saturated rings. The SMILES string of the molecule is COc1cc([C@@H]2SCC(=O)Nc3c2c(C)nn3-c2ncccn2)cc(OC)c1O. The lowest BCUT2D eigenvalue weighted by molar-refractivity contribution is -0.113. The topological polar surface area (TPSA) is 111 Å². The number of phenols is 1. The number of aromatic nitrogens is 4. The van der Waals surface area contributed by atoms with Gasteiger partial charge in [-0.2, -0.15) is 9.78 Å². The van der Waals surface area contributed by atoms with Crippen LogP contribution in [0.15, 0.2) is 30.6 Å². The molecule has 1 atom stereocenters. The quantitative estimate of drug-likeness (QED) is 0.671. The third kappa shape index (κ3) is 3.35. The van der Waals surface area contributed by atoms with Gasteiger partial charge in [0.25, 0.3) is 5.95 Å². The van der Waals surface area contributed by atoms with Crippen LogP contribution in [0.5, 0.6) is 17.2 Å². The molecule has 0 bridgehead atoms. The van der Waals surface area contributed by atoms with Gasteiger partial charge in [0.2, 0.25) is 11.7 Å². The second-order valence-corrected chi connectivity index (χ2v) is 7.41. The number of methoxy groups -OCH3 is 2. The number of aryl methyl sites for hydroxylation is 1. The molecule has 1 aliphatic heterocycles. The molecule has 3 heterocycles. The summed E-state index contributed by atoms with van der Waals surface area (Å²) < 4.78 is 12.1. The summed E-state index contributed by atoms with van der Waals surface area (Å²) in [7, 11) is 2.95. The number of carbonyl (C=O) groups excluding carboxylic acids is 1. The highest BCUT2D eigenvalue weighted by molar-refractivity contribution is 8.00. The zero-order valence-corrected chi connectivity index (χ0v) is 16.9. The predicted molar refractivity (Wildman–Crippen MR) is 108 cm³/mol. The smallest absolute Gasteiger partial charge is 0.252 e. The molecular weight excluding hydrogens is 394 g/mol. The molecule has 0 spiro atoms. The number of hydrogen-bond donors (Lipinski definition) is 2. The van der Waals surface area contributed by atoms with Crippen molar-refractivity contribution in [3.05, 3.63) is 47.4 Å². The average Bonchev–Trinajstić information content (AvgIpc) is 2.94. The van der Waals surface area contributed by atoms with Crippen LogP contribution in [0.1, 0.15) is 22.1 Å². The Morgan fingerprint density at radius 2 is 1.86 bits per heavy atom. The summed E-state index contributed by atoms with van der Waals surface area (Å²) in [4.78, 5) is 20.9. The van der Waals surface area contributed by atoms with E-state index in [2.05, 4.69) is 20.4 Å². The second-order valence-electron chi connectivity index (χ2n) is 6.32. The van der Waals surface area contributed by atoms with Gasteiger partial charge in [-0.05, 0) is 30.7 Å². The van der Waals surface area contributed by atoms with E-state index in [4.69, 9.17) is 9.47 Å². The molecule has 0 radical (unpaired) electrons. The van der Waals surface area contributed by atoms with Crippen LogP contribution in [0.25, 0.3) is 5.95 Å². The number of carbonyl (C=O) groups is 1. The second kappa shape index (κ2) is 7.63. The zero-order valence-electron chi connectivity index (χ0n) is 16.0. The number of hydrogen-bond acceptors (Lipinski definition) is 8. The minimum absolute atomic E-state index is 0.0723. The maximum atomic E-state index is 12.4. The summed E-state index contributed by atoms with van der Waals surface area (Å²) in [6, 6.07) is 5.19. The van der Waals surface area contributed by atoms with Crippen molar-refractivity contribution < 1.29 is 19.4 Å². The summed E-state index contributed by atoms with van der Waals surface area (Å²) in [6.07, 6.45) is 3.23. The van der Waals surface area contributed by atoms with Crippen LogP contribution in [0, 0.1) is 6.92 Å². The lowest BCUT2D eigenvalue weighted by atomic mass is 10.0. The first-order valence-electron chi connectivity index (χ1n) is 8.76. The number of anilines is 1. The summed E-state index contributed by atoms with van der Waals surface area (Å²) in [6.45, 7) is 1.87. The molecule has 1 aromatic carbocycles. The van der Waals surface area contributed by atoms with Gasteiger partial charge in [0.15, 0.2) is 11.5 Å². The van der Waals surface area contributed by atoms with Crippen molar-refractivity contribution in [1.82, 2.24) is 19.7 Å². The van der Waals surface area contributed by atoms with E-state index in [9.17, 15) is 9.90 Å². The molecule has 2 N–H and O–H groups in total. The first-order chi connectivity index (χ1) is 14.0. The normalized spacial score (nSPS) is 16.0. The van der Waals surface area contributed by atoms with Gasteiger partial charge in [0, 0.05) is 18.0 Å². The fourth-order valence-electron chi connectivity index (χ4n) is 3.26. The van der Waals surface area contributed by atoms with Crippen LogP contribution in [0.3, 0.4) is 0 Å². The molecule has 150 valence electrons. The number of rotatable bonds is 4. The van der Waals surface area contributed by atoms with E-state index in [0.717, 1.165) is 16.8 Å². The molecule has 1 aliphatic rings. The molecule has 0 unspecified atom stereocenters. The van der Waals surface area contributed by atoms with Gasteiger partial charge >= 0.3 is 0 Å². The Bertz CT molecular complexity index is 1040. The third-order valence-electron chi connectivity index (χ3n) is 4.55. The van der Waals surface area contributed by atoms with Gasteiger partial charge in [-0.3, -0.25) is 4.79 Å². The number of aromatic hydroxyl groups is 1. The van der Waals surface area contributed by atoms with E-state index in [1.807, 2.05) is 6.92 Å². The standard InChI is InChI=1S/C19H19N5O4S/c1-10-15-17(11-7-12(27-2)16(26)13(8-11)28-3)29-9-14(25)22-18(15)24(23-10)19-20-5-4-6-21-19/h4-8,17,26H,9H2,1-3H3,(H,22,25)/t17-/m0/s1. The van der Waals surface area contributed by atoms with Gasteiger partial charge in [0.05, 0.1) is 30.9 Å². The number of benzene rings is 1. The number of thioether (sulfide) groups is 1. The molecule has 2 aromatic heterocycles. The fraction of sp³-hybridized carbons (Fsp3) is 0.263. The van der Waals surface area contributed by atoms with Crippen molar-refractivity contribution in [2.75, 3.05) is 25.3 Å². The number of amides is 1. The van der Waals surface area contributed by atoms with Crippen molar-refractivity contribution >= 4 is 23.5 Å². The summed E-state index contributed by atoms with van der Waals surface area (Å²) >= 11 is 1.46. The van der Waals surface area contributed by atoms with Gasteiger partial charge in [-0.1, -0.05) is 0 Å². The Labute approximate surface area is 171 Å². The number of ether oxygens (including phenoxy) is 2. The Morgan fingerprint density at radius 1 is 1.21 bits per heavy atom. The maximum Gasteiger partial charge on any atom is 0.252 e. The van der Waals surface area contributed by atoms with E-state index < -0.39 is 0 Å². The first kappa shape index (κ1) is 19.1. The van der Waals surface area contributed by atoms with E-state index in [0.29, 0.717) is 23.3 Å². The molecule has 0 aliphatic carbocycles. The Kier molecular flexibility index (Phi) is 5.01. The number of nitrogens with one attached hydrogen (secondary N) is 1. The number of nitrogens with zero attached hydrogens (tertiary/aromatic N) is 4. The lowest BCUT2D eigenvalue weighted by Crippen LogP contribution is -2.16. The number of fused-ring (bicyclic) bond motifs is 1. The van der Waals surface area contributed by atoms with Crippen LogP contribution in [0.4, 0.5) is 5.82 Å². The van der Waals surface area contributed by atoms with Gasteiger partial charge < -0.3 is 19.9 Å². The molecule has 4 rings (SSSR count). The lowest BCUT2D eigenvalue weighted by Gasteiger charge is -2.18. The van der Waals surface area contributed by atoms with Crippen molar-refractivity contribution in [1.29, 1.82) is 0 Å². The number of phenolic OH excluding ortho intramolecular Hbond substituents is 1. The van der Waals surface area contributed by atoms with E-state index >= 15 is 0 Å². The van der Waals surface area contributed by atoms with Crippen molar-refractivity contribution in [2.45, 2.75) is 12.2 Å². The Balaban J connectivity index is 1.91. The zero-order chi connectivity index (χ0) is 20.5. The fourth-order valence-corrected chi connectivity index (χ4v) is 4.42. The highest BCUT2D eigenvalue weighted by atomic mass is 32.2. The molecule has 10 heteroatoms. The molecule has 9 nitrogen and oxygen atoms in total. The highest BCUT2D eigenvalue weighted by Gasteiger charge is 2.32. The largest absolute Gasteiger partial charge is 0.502 e. The van der Waals surface area contributed by atoms with E-state index in [-0.39, 0.29) is 22.7 Å². The monoisotopic (exact) mass is 413 g/mol. The van der Waals surface area contributed by atoms with Crippen molar-refractivity contribution in [2.24, 2.45) is 0 Å². The van der Waals surface area contributed by atoms with Crippen LogP contribution < -0.4 is 14.8 Å². The van der Waals surface area contributed by atoms with Crippen molar-refractivity contribution in [3.63, 3.8) is 0 Å². The molecule has 0 saturated heterocycles. The Morgan fingerprint density at radius 3 is 2.48 bits per heavy atom. The van der Waals surface area contributed by atoms with E-state index in [1.165, 1.54) is 30.7 Å². The third-order valence-corrected chi connectivity index (χ3v) is 5.82. The van der Waals surface area contributed by atoms with Crippen LogP contribution in [-0.4, -0.2) is 50.7 Å². The molecular formula is C19H19N5O4S.